The van der Waals surface area contributed by atoms with Crippen LogP contribution >= 0.6 is 0 Å². The second-order valence-electron chi connectivity index (χ2n) is 14.5. The first kappa shape index (κ1) is 37.3. The van der Waals surface area contributed by atoms with Crippen LogP contribution in [-0.2, 0) is 6.54 Å². The summed E-state index contributed by atoms with van der Waals surface area (Å²) in [5, 5.41) is 30.3. The fourth-order valence-electron chi connectivity index (χ4n) is 8.00. The number of aromatic nitrogens is 6. The Labute approximate surface area is 323 Å². The van der Waals surface area contributed by atoms with Crippen molar-refractivity contribution >= 4 is 39.9 Å². The second-order valence-corrected chi connectivity index (χ2v) is 14.5. The van der Waals surface area contributed by atoms with E-state index in [0.29, 0.717) is 40.9 Å². The van der Waals surface area contributed by atoms with E-state index in [0.717, 1.165) is 78.4 Å². The van der Waals surface area contributed by atoms with Gasteiger partial charge in [0, 0.05) is 37.6 Å². The van der Waals surface area contributed by atoms with Crippen LogP contribution in [0.15, 0.2) is 72.8 Å². The maximum Gasteiger partial charge on any atom is 0.223 e. The first-order chi connectivity index (χ1) is 27.0. The third-order valence-corrected chi connectivity index (χ3v) is 10.8. The van der Waals surface area contributed by atoms with Crippen molar-refractivity contribution in [1.82, 2.24) is 29.5 Å². The molecular weight excluding hydrogens is 685 g/mol. The number of nitrogens with zero attached hydrogens (tertiary/aromatic N) is 9. The molecule has 2 saturated carbocycles. The molecule has 1 unspecified atom stereocenters. The summed E-state index contributed by atoms with van der Waals surface area (Å²) >= 11 is 0. The van der Waals surface area contributed by atoms with Crippen molar-refractivity contribution in [2.24, 2.45) is 0 Å². The number of aryl methyl sites for hydroxylation is 2. The van der Waals surface area contributed by atoms with E-state index in [4.69, 9.17) is 9.97 Å². The Bertz CT molecular complexity index is 2210. The summed E-state index contributed by atoms with van der Waals surface area (Å²) in [5.74, 6) is 2.23. The summed E-state index contributed by atoms with van der Waals surface area (Å²) in [4.78, 5) is 25.1. The molecule has 2 aliphatic carbocycles. The van der Waals surface area contributed by atoms with E-state index in [1.807, 2.05) is 61.7 Å². The van der Waals surface area contributed by atoms with Crippen molar-refractivity contribution < 1.29 is 0 Å². The quantitative estimate of drug-likeness (QED) is 0.0981. The average molecular weight is 735 g/mol. The van der Waals surface area contributed by atoms with Crippen molar-refractivity contribution in [3.05, 3.63) is 95.6 Å². The number of allylic oxidation sites excluding steroid dienone is 1. The predicted octanol–water partition coefficient (Wildman–Crippen LogP) is 8.92. The minimum atomic E-state index is -0.519. The third-order valence-electron chi connectivity index (χ3n) is 10.8. The molecule has 0 spiro atoms. The Balaban J connectivity index is 0.000000170. The second kappa shape index (κ2) is 17.4. The Morgan fingerprint density at radius 3 is 2.18 bits per heavy atom. The molecule has 0 saturated heterocycles. The average Bonchev–Trinajstić information content (AvgIpc) is 3.90. The number of nitriles is 2. The number of anilines is 4. The highest BCUT2D eigenvalue weighted by atomic mass is 15.3. The number of imidazole rings is 1. The molecule has 55 heavy (non-hydrogen) atoms. The fourth-order valence-corrected chi connectivity index (χ4v) is 8.00. The first-order valence-electron chi connectivity index (χ1n) is 19.8. The molecule has 0 bridgehead atoms. The molecular formula is C43H50N12. The molecule has 3 aliphatic rings. The van der Waals surface area contributed by atoms with E-state index in [1.54, 1.807) is 6.20 Å². The van der Waals surface area contributed by atoms with Crippen molar-refractivity contribution in [1.29, 1.82) is 10.5 Å². The molecule has 3 aromatic heterocycles. The molecule has 12 heteroatoms. The van der Waals surface area contributed by atoms with Gasteiger partial charge < -0.3 is 25.4 Å². The van der Waals surface area contributed by atoms with Crippen LogP contribution in [0.1, 0.15) is 107 Å². The van der Waals surface area contributed by atoms with Gasteiger partial charge in [-0.3, -0.25) is 0 Å². The molecule has 282 valence electrons. The van der Waals surface area contributed by atoms with Crippen LogP contribution < -0.4 is 20.9 Å². The van der Waals surface area contributed by atoms with Gasteiger partial charge in [0.05, 0.1) is 39.9 Å². The predicted molar refractivity (Wildman–Crippen MR) is 218 cm³/mol. The Morgan fingerprint density at radius 2 is 1.49 bits per heavy atom. The smallest absolute Gasteiger partial charge is 0.223 e. The highest BCUT2D eigenvalue weighted by Gasteiger charge is 2.28. The number of nitrogens with one attached hydrogen (secondary N) is 3. The molecule has 2 aromatic carbocycles. The maximum absolute atomic E-state index is 10.1. The van der Waals surface area contributed by atoms with Crippen molar-refractivity contribution in [2.75, 3.05) is 27.4 Å². The lowest BCUT2D eigenvalue weighted by Gasteiger charge is -2.20. The molecule has 12 nitrogen and oxygen atoms in total. The lowest BCUT2D eigenvalue weighted by atomic mass is 10.1. The Hall–Kier alpha value is -6.01. The Kier molecular flexibility index (Phi) is 11.8. The zero-order valence-electron chi connectivity index (χ0n) is 32.1. The number of para-hydroxylation sites is 4. The van der Waals surface area contributed by atoms with Gasteiger partial charge in [-0.2, -0.15) is 10.5 Å². The number of benzene rings is 2. The monoisotopic (exact) mass is 734 g/mol. The van der Waals surface area contributed by atoms with Gasteiger partial charge in [0.2, 0.25) is 11.9 Å². The van der Waals surface area contributed by atoms with Gasteiger partial charge in [-0.25, -0.2) is 24.9 Å². The third kappa shape index (κ3) is 8.24. The molecule has 4 heterocycles. The summed E-state index contributed by atoms with van der Waals surface area (Å²) in [6.07, 6.45) is 15.8. The molecule has 5 aromatic rings. The fraction of sp³-hybridized carbons (Fsp3) is 0.419. The molecule has 8 rings (SSSR count). The minimum Gasteiger partial charge on any atom is -0.351 e. The van der Waals surface area contributed by atoms with Gasteiger partial charge in [-0.1, -0.05) is 62.8 Å². The largest absolute Gasteiger partial charge is 0.351 e. The van der Waals surface area contributed by atoms with Crippen LogP contribution in [0.2, 0.25) is 0 Å². The topological polar surface area (TPSA) is 156 Å². The number of rotatable bonds is 9. The molecule has 0 radical (unpaired) electrons. The van der Waals surface area contributed by atoms with E-state index in [2.05, 4.69) is 72.4 Å². The van der Waals surface area contributed by atoms with E-state index < -0.39 is 5.92 Å². The van der Waals surface area contributed by atoms with E-state index in [9.17, 15) is 10.5 Å². The summed E-state index contributed by atoms with van der Waals surface area (Å²) in [5.41, 5.74) is 6.87. The van der Waals surface area contributed by atoms with Gasteiger partial charge in [0.25, 0.3) is 0 Å². The van der Waals surface area contributed by atoms with Gasteiger partial charge in [0.15, 0.2) is 0 Å². The van der Waals surface area contributed by atoms with Gasteiger partial charge in [-0.05, 0) is 82.3 Å². The lowest BCUT2D eigenvalue weighted by Crippen LogP contribution is -2.23. The highest BCUT2D eigenvalue weighted by molar-refractivity contribution is 5.91. The van der Waals surface area contributed by atoms with Crippen LogP contribution in [0.5, 0.6) is 0 Å². The zero-order chi connectivity index (χ0) is 38.1. The Morgan fingerprint density at radius 1 is 0.818 bits per heavy atom. The zero-order valence-corrected chi connectivity index (χ0v) is 32.1. The van der Waals surface area contributed by atoms with Crippen molar-refractivity contribution in [3.8, 4) is 12.1 Å². The summed E-state index contributed by atoms with van der Waals surface area (Å²) < 4.78 is 2.09. The summed E-state index contributed by atoms with van der Waals surface area (Å²) in [6, 6.07) is 23.5. The van der Waals surface area contributed by atoms with Crippen LogP contribution in [0, 0.1) is 29.6 Å². The van der Waals surface area contributed by atoms with E-state index >= 15 is 0 Å². The highest BCUT2D eigenvalue weighted by Crippen LogP contribution is 2.39. The lowest BCUT2D eigenvalue weighted by molar-refractivity contribution is 0.614. The van der Waals surface area contributed by atoms with Crippen LogP contribution in [-0.4, -0.2) is 48.1 Å². The first-order valence-corrected chi connectivity index (χ1v) is 19.8. The van der Waals surface area contributed by atoms with Crippen LogP contribution in [0.3, 0.4) is 0 Å². The molecule has 3 N–H and O–H groups in total. The summed E-state index contributed by atoms with van der Waals surface area (Å²) in [6.45, 7) is 7.64. The van der Waals surface area contributed by atoms with Crippen molar-refractivity contribution in [2.45, 2.75) is 110 Å². The maximum atomic E-state index is 10.1. The van der Waals surface area contributed by atoms with E-state index in [1.165, 1.54) is 38.5 Å². The van der Waals surface area contributed by atoms with Gasteiger partial charge >= 0.3 is 0 Å². The molecule has 1 aliphatic heterocycles. The SMILES string of the molecule is CCN1/C(=C(\C#N)c2nc(NC3CCCCCC3)ncc2C)Nc2ccccc21.CCn1c(C(C#N)c2ccnc(NC3CCCC3)n2)nc2ccccc21. The standard InChI is InChI=1S/C23H28N6.C20H22N6/c1-3-29-20-13-9-8-12-19(20)27-22(29)18(14-24)21-16(2)15-25-23(28-21)26-17-10-6-4-5-7-11-17;1-2-26-18-10-6-5-9-17(18)24-19(26)15(13-21)16-11-12-22-20(25-16)23-14-7-3-4-8-14/h8-9,12-13,15,17,27H,3-7,10-11H2,1-2H3,(H,25,26,28);5-6,9-12,14-15H,2-4,7-8H2,1H3,(H,22,23,25)/b22-18+;. The molecule has 0 amide bonds. The number of hydrogen-bond acceptors (Lipinski definition) is 11. The van der Waals surface area contributed by atoms with Crippen LogP contribution in [0.25, 0.3) is 16.6 Å². The minimum absolute atomic E-state index is 0.409. The molecule has 1 atom stereocenters. The van der Waals surface area contributed by atoms with Crippen molar-refractivity contribution in [3.63, 3.8) is 0 Å². The van der Waals surface area contributed by atoms with Crippen LogP contribution in [0.4, 0.5) is 23.3 Å². The molecule has 2 fully saturated rings. The normalized spacial score (nSPS) is 17.2. The van der Waals surface area contributed by atoms with E-state index in [-0.39, 0.29) is 0 Å². The number of fused-ring (bicyclic) bond motifs is 2. The van der Waals surface area contributed by atoms with Gasteiger partial charge in [-0.15, -0.1) is 0 Å². The number of hydrogen-bond donors (Lipinski definition) is 3. The van der Waals surface area contributed by atoms with Gasteiger partial charge in [0.1, 0.15) is 29.2 Å². The summed E-state index contributed by atoms with van der Waals surface area (Å²) in [7, 11) is 0.